The van der Waals surface area contributed by atoms with Gasteiger partial charge in [-0.05, 0) is 41.5 Å². The molecule has 2 aromatic heterocycles. The molecule has 0 spiro atoms. The fraction of sp³-hybridized carbons (Fsp3) is 0.154. The van der Waals surface area contributed by atoms with Crippen LogP contribution in [0.4, 0.5) is 0 Å². The SMILES string of the molecule is COc1ccc(Cn2cc(-c3cccc(-c4cn(Cc5ccc(OC)cc5)nn4)c3)nn2)cc1. The summed E-state index contributed by atoms with van der Waals surface area (Å²) in [4.78, 5) is 0. The van der Waals surface area contributed by atoms with Crippen LogP contribution < -0.4 is 9.47 Å². The van der Waals surface area contributed by atoms with Gasteiger partial charge in [0.15, 0.2) is 0 Å². The molecule has 3 aromatic carbocycles. The molecule has 2 heterocycles. The summed E-state index contributed by atoms with van der Waals surface area (Å²) in [5.74, 6) is 1.67. The van der Waals surface area contributed by atoms with Gasteiger partial charge in [0.25, 0.3) is 0 Å². The van der Waals surface area contributed by atoms with Gasteiger partial charge in [0.05, 0.1) is 39.7 Å². The molecule has 0 unspecified atom stereocenters. The standard InChI is InChI=1S/C26H24N6O2/c1-33-23-10-6-19(7-11-23)15-31-17-25(27-29-31)21-4-3-5-22(14-21)26-18-32(30-28-26)16-20-8-12-24(34-2)13-9-20/h3-14,17-18H,15-16H2,1-2H3. The summed E-state index contributed by atoms with van der Waals surface area (Å²) in [7, 11) is 3.32. The normalized spacial score (nSPS) is 10.9. The van der Waals surface area contributed by atoms with E-state index in [1.807, 2.05) is 88.5 Å². The molecule has 0 bridgehead atoms. The van der Waals surface area contributed by atoms with Crippen LogP contribution in [0.5, 0.6) is 11.5 Å². The van der Waals surface area contributed by atoms with Gasteiger partial charge in [0.1, 0.15) is 22.9 Å². The summed E-state index contributed by atoms with van der Waals surface area (Å²) in [5.41, 5.74) is 5.81. The molecule has 5 aromatic rings. The Hall–Kier alpha value is -4.46. The Morgan fingerprint density at radius 2 is 1.06 bits per heavy atom. The number of nitrogens with zero attached hydrogens (tertiary/aromatic N) is 6. The van der Waals surface area contributed by atoms with Crippen LogP contribution in [0.25, 0.3) is 22.5 Å². The van der Waals surface area contributed by atoms with Gasteiger partial charge in [0.2, 0.25) is 0 Å². The van der Waals surface area contributed by atoms with E-state index in [2.05, 4.69) is 26.7 Å². The Bertz CT molecular complexity index is 1270. The van der Waals surface area contributed by atoms with Crippen LogP contribution in [-0.2, 0) is 13.1 Å². The lowest BCUT2D eigenvalue weighted by Crippen LogP contribution is -2.00. The predicted octanol–water partition coefficient (Wildman–Crippen LogP) is 4.32. The third-order valence-corrected chi connectivity index (χ3v) is 5.54. The van der Waals surface area contributed by atoms with Gasteiger partial charge in [-0.3, -0.25) is 0 Å². The van der Waals surface area contributed by atoms with Crippen LogP contribution in [0.3, 0.4) is 0 Å². The molecule has 0 amide bonds. The zero-order valence-corrected chi connectivity index (χ0v) is 19.0. The molecule has 0 radical (unpaired) electrons. The number of ether oxygens (including phenoxy) is 2. The van der Waals surface area contributed by atoms with E-state index in [1.54, 1.807) is 14.2 Å². The maximum atomic E-state index is 5.22. The predicted molar refractivity (Wildman–Crippen MR) is 129 cm³/mol. The molecule has 0 aliphatic carbocycles. The van der Waals surface area contributed by atoms with Crippen LogP contribution in [0.1, 0.15) is 11.1 Å². The Balaban J connectivity index is 1.30. The number of rotatable bonds is 8. The molecule has 5 rings (SSSR count). The average Bonchev–Trinajstić information content (AvgIpc) is 3.55. The Morgan fingerprint density at radius 3 is 1.47 bits per heavy atom. The number of hydrogen-bond acceptors (Lipinski definition) is 6. The lowest BCUT2D eigenvalue weighted by molar-refractivity contribution is 0.414. The minimum absolute atomic E-state index is 0.635. The van der Waals surface area contributed by atoms with Crippen molar-refractivity contribution >= 4 is 0 Å². The van der Waals surface area contributed by atoms with Crippen LogP contribution in [0.2, 0.25) is 0 Å². The molecule has 8 nitrogen and oxygen atoms in total. The van der Waals surface area contributed by atoms with E-state index in [4.69, 9.17) is 9.47 Å². The zero-order valence-electron chi connectivity index (χ0n) is 19.0. The first-order chi connectivity index (χ1) is 16.7. The van der Waals surface area contributed by atoms with Gasteiger partial charge < -0.3 is 9.47 Å². The lowest BCUT2D eigenvalue weighted by Gasteiger charge is -2.03. The monoisotopic (exact) mass is 452 g/mol. The molecule has 170 valence electrons. The molecule has 0 aliphatic heterocycles. The van der Waals surface area contributed by atoms with Crippen molar-refractivity contribution < 1.29 is 9.47 Å². The van der Waals surface area contributed by atoms with Crippen molar-refractivity contribution in [3.63, 3.8) is 0 Å². The highest BCUT2D eigenvalue weighted by molar-refractivity contribution is 5.68. The highest BCUT2D eigenvalue weighted by Crippen LogP contribution is 2.24. The van der Waals surface area contributed by atoms with Crippen LogP contribution in [0, 0.1) is 0 Å². The maximum absolute atomic E-state index is 5.22. The Morgan fingerprint density at radius 1 is 0.618 bits per heavy atom. The van der Waals surface area contributed by atoms with Crippen molar-refractivity contribution in [3.05, 3.63) is 96.3 Å². The number of benzene rings is 3. The van der Waals surface area contributed by atoms with Crippen molar-refractivity contribution in [2.24, 2.45) is 0 Å². The molecular formula is C26H24N6O2. The summed E-state index contributed by atoms with van der Waals surface area (Å²) < 4.78 is 14.1. The molecule has 0 aliphatic rings. The first-order valence-corrected chi connectivity index (χ1v) is 10.9. The number of aromatic nitrogens is 6. The minimum Gasteiger partial charge on any atom is -0.497 e. The summed E-state index contributed by atoms with van der Waals surface area (Å²) in [6, 6.07) is 24.0. The second-order valence-corrected chi connectivity index (χ2v) is 7.88. The van der Waals surface area contributed by atoms with Gasteiger partial charge in [0, 0.05) is 11.1 Å². The second-order valence-electron chi connectivity index (χ2n) is 7.88. The smallest absolute Gasteiger partial charge is 0.118 e. The van der Waals surface area contributed by atoms with Gasteiger partial charge in [-0.1, -0.05) is 52.9 Å². The maximum Gasteiger partial charge on any atom is 0.118 e. The van der Waals surface area contributed by atoms with Gasteiger partial charge in [-0.15, -0.1) is 10.2 Å². The topological polar surface area (TPSA) is 79.9 Å². The Labute approximate surface area is 197 Å². The van der Waals surface area contributed by atoms with E-state index in [9.17, 15) is 0 Å². The molecule has 0 saturated heterocycles. The minimum atomic E-state index is 0.635. The average molecular weight is 453 g/mol. The van der Waals surface area contributed by atoms with E-state index >= 15 is 0 Å². The van der Waals surface area contributed by atoms with E-state index in [1.165, 1.54) is 0 Å². The first-order valence-electron chi connectivity index (χ1n) is 10.9. The van der Waals surface area contributed by atoms with Crippen molar-refractivity contribution in [1.82, 2.24) is 30.0 Å². The molecule has 0 N–H and O–H groups in total. The highest BCUT2D eigenvalue weighted by Gasteiger charge is 2.09. The summed E-state index contributed by atoms with van der Waals surface area (Å²) >= 11 is 0. The van der Waals surface area contributed by atoms with E-state index in [0.29, 0.717) is 13.1 Å². The van der Waals surface area contributed by atoms with Gasteiger partial charge >= 0.3 is 0 Å². The van der Waals surface area contributed by atoms with Crippen molar-refractivity contribution in [2.45, 2.75) is 13.1 Å². The van der Waals surface area contributed by atoms with E-state index in [-0.39, 0.29) is 0 Å². The molecule has 34 heavy (non-hydrogen) atoms. The quantitative estimate of drug-likeness (QED) is 0.349. The largest absolute Gasteiger partial charge is 0.497 e. The Kier molecular flexibility index (Phi) is 6.03. The van der Waals surface area contributed by atoms with Crippen molar-refractivity contribution in [1.29, 1.82) is 0 Å². The fourth-order valence-corrected chi connectivity index (χ4v) is 3.69. The van der Waals surface area contributed by atoms with Crippen LogP contribution in [-0.4, -0.2) is 44.2 Å². The third kappa shape index (κ3) is 4.80. The zero-order chi connectivity index (χ0) is 23.3. The first kappa shape index (κ1) is 21.4. The molecule has 0 saturated carbocycles. The summed E-state index contributed by atoms with van der Waals surface area (Å²) in [5, 5.41) is 17.3. The lowest BCUT2D eigenvalue weighted by atomic mass is 10.1. The molecule has 0 fully saturated rings. The second kappa shape index (κ2) is 9.58. The number of methoxy groups -OCH3 is 2. The molecule has 8 heteroatoms. The van der Waals surface area contributed by atoms with Gasteiger partial charge in [-0.25, -0.2) is 9.36 Å². The van der Waals surface area contributed by atoms with Crippen LogP contribution in [0.15, 0.2) is 85.2 Å². The molecular weight excluding hydrogens is 428 g/mol. The van der Waals surface area contributed by atoms with E-state index < -0.39 is 0 Å². The number of hydrogen-bond donors (Lipinski definition) is 0. The highest BCUT2D eigenvalue weighted by atomic mass is 16.5. The molecule has 0 atom stereocenters. The fourth-order valence-electron chi connectivity index (χ4n) is 3.69. The van der Waals surface area contributed by atoms with Crippen molar-refractivity contribution in [2.75, 3.05) is 14.2 Å². The van der Waals surface area contributed by atoms with Crippen LogP contribution >= 0.6 is 0 Å². The third-order valence-electron chi connectivity index (χ3n) is 5.54. The van der Waals surface area contributed by atoms with Crippen molar-refractivity contribution in [3.8, 4) is 34.0 Å². The summed E-state index contributed by atoms with van der Waals surface area (Å²) in [6.07, 6.45) is 3.90. The van der Waals surface area contributed by atoms with Gasteiger partial charge in [-0.2, -0.15) is 0 Å². The van der Waals surface area contributed by atoms with E-state index in [0.717, 1.165) is 45.1 Å². The summed E-state index contributed by atoms with van der Waals surface area (Å²) in [6.45, 7) is 1.27.